The molecule has 0 aliphatic heterocycles. The lowest BCUT2D eigenvalue weighted by Crippen LogP contribution is -2.16. The highest BCUT2D eigenvalue weighted by atomic mass is 16.7. The number of esters is 2. The average Bonchev–Trinajstić information content (AvgIpc) is 3.29. The fourth-order valence-corrected chi connectivity index (χ4v) is 5.02. The lowest BCUT2D eigenvalue weighted by Gasteiger charge is -2.22. The Bertz CT molecular complexity index is 1750. The molecule has 0 N–H and O–H groups in total. The summed E-state index contributed by atoms with van der Waals surface area (Å²) in [6.07, 6.45) is 4.17. The molecule has 47 heavy (non-hydrogen) atoms. The van der Waals surface area contributed by atoms with E-state index in [4.69, 9.17) is 18.9 Å². The highest BCUT2D eigenvalue weighted by molar-refractivity contribution is 5.90. The molecule has 0 atom stereocenters. The minimum absolute atomic E-state index is 0.314. The number of carbonyl (C=O) groups is 4. The number of fused-ring (bicyclic) bond motifs is 3. The molecule has 238 valence electrons. The summed E-state index contributed by atoms with van der Waals surface area (Å²) >= 11 is 0. The van der Waals surface area contributed by atoms with Crippen molar-refractivity contribution in [2.75, 3.05) is 14.2 Å². The summed E-state index contributed by atoms with van der Waals surface area (Å²) in [5, 5.41) is 0. The van der Waals surface area contributed by atoms with Crippen molar-refractivity contribution in [3.8, 4) is 34.1 Å². The third-order valence-corrected chi connectivity index (χ3v) is 7.38. The van der Waals surface area contributed by atoms with Gasteiger partial charge in [0.15, 0.2) is 0 Å². The van der Waals surface area contributed by atoms with Crippen molar-refractivity contribution in [2.45, 2.75) is 19.3 Å². The van der Waals surface area contributed by atoms with Gasteiger partial charge in [-0.3, -0.25) is 0 Å². The summed E-state index contributed by atoms with van der Waals surface area (Å²) in [6, 6.07) is 24.0. The van der Waals surface area contributed by atoms with Crippen molar-refractivity contribution in [3.63, 3.8) is 0 Å². The Kier molecular flexibility index (Phi) is 9.51. The molecular formula is C37H30O10. The second-order valence-corrected chi connectivity index (χ2v) is 10.8. The van der Waals surface area contributed by atoms with Crippen LogP contribution in [-0.4, -0.2) is 38.5 Å². The number of rotatable bonds is 8. The van der Waals surface area contributed by atoms with E-state index in [-0.39, 0.29) is 0 Å². The Morgan fingerprint density at radius 2 is 0.872 bits per heavy atom. The van der Waals surface area contributed by atoms with Crippen LogP contribution >= 0.6 is 0 Å². The number of ether oxygens (including phenoxy) is 6. The highest BCUT2D eigenvalue weighted by Gasteiger charge is 2.36. The summed E-state index contributed by atoms with van der Waals surface area (Å²) in [7, 11) is 2.44. The van der Waals surface area contributed by atoms with Crippen LogP contribution in [-0.2, 0) is 24.5 Å². The van der Waals surface area contributed by atoms with Crippen LogP contribution in [0.15, 0.2) is 97.1 Å². The van der Waals surface area contributed by atoms with Gasteiger partial charge in [0.2, 0.25) is 0 Å². The zero-order chi connectivity index (χ0) is 33.6. The molecule has 1 aliphatic rings. The Labute approximate surface area is 270 Å². The van der Waals surface area contributed by atoms with Gasteiger partial charge < -0.3 is 28.4 Å². The van der Waals surface area contributed by atoms with Crippen molar-refractivity contribution in [1.82, 2.24) is 0 Å². The second kappa shape index (κ2) is 13.9. The molecule has 0 amide bonds. The van der Waals surface area contributed by atoms with Crippen LogP contribution in [0.4, 0.5) is 9.59 Å². The number of hydrogen-bond acceptors (Lipinski definition) is 10. The van der Waals surface area contributed by atoms with Crippen LogP contribution in [0.3, 0.4) is 0 Å². The molecule has 10 heteroatoms. The van der Waals surface area contributed by atoms with Crippen LogP contribution < -0.4 is 18.9 Å². The third-order valence-electron chi connectivity index (χ3n) is 7.38. The number of benzene rings is 4. The molecule has 0 radical (unpaired) electrons. The van der Waals surface area contributed by atoms with Gasteiger partial charge in [-0.1, -0.05) is 50.2 Å². The van der Waals surface area contributed by atoms with E-state index in [1.54, 1.807) is 72.8 Å². The smallest absolute Gasteiger partial charge is 0.437 e. The first-order chi connectivity index (χ1) is 22.5. The van der Waals surface area contributed by atoms with Crippen LogP contribution in [0.1, 0.15) is 36.1 Å². The van der Waals surface area contributed by atoms with Gasteiger partial charge in [0.25, 0.3) is 0 Å². The predicted octanol–water partition coefficient (Wildman–Crippen LogP) is 7.52. The Balaban J connectivity index is 1.22. The fourth-order valence-electron chi connectivity index (χ4n) is 5.02. The van der Waals surface area contributed by atoms with Crippen molar-refractivity contribution >= 4 is 36.4 Å². The SMILES string of the molecule is COC(=O)Oc1ccc(C=CC(=O)Oc2ccc3c(c2)C(C)(C)c2cc(OC(=O)C=Cc4ccc(OC(=O)OC)cc4)ccc2-3)cc1. The Hall–Kier alpha value is -6.16. The van der Waals surface area contributed by atoms with Gasteiger partial charge in [-0.2, -0.15) is 0 Å². The standard InChI is InChI=1S/C37H30O10/c1-37(2)31-21-27(44-33(38)19-9-23-5-11-25(12-6-23)46-35(40)42-3)15-17-29(31)30-18-16-28(22-32(30)37)45-34(39)20-10-24-7-13-26(14-8-24)47-36(41)43-4/h5-22H,1-4H3. The molecule has 0 unspecified atom stereocenters. The maximum Gasteiger partial charge on any atom is 0.513 e. The number of carbonyl (C=O) groups excluding carboxylic acids is 4. The van der Waals surface area contributed by atoms with Gasteiger partial charge in [0.1, 0.15) is 23.0 Å². The molecule has 0 saturated carbocycles. The molecule has 10 nitrogen and oxygen atoms in total. The minimum atomic E-state index is -0.819. The summed E-state index contributed by atoms with van der Waals surface area (Å²) in [4.78, 5) is 47.7. The van der Waals surface area contributed by atoms with Gasteiger partial charge >= 0.3 is 24.2 Å². The van der Waals surface area contributed by atoms with E-state index >= 15 is 0 Å². The van der Waals surface area contributed by atoms with Crippen molar-refractivity contribution in [3.05, 3.63) is 119 Å². The van der Waals surface area contributed by atoms with E-state index in [1.807, 2.05) is 24.3 Å². The molecule has 5 rings (SSSR count). The first-order valence-electron chi connectivity index (χ1n) is 14.4. The molecule has 0 spiro atoms. The Morgan fingerprint density at radius 1 is 0.511 bits per heavy atom. The van der Waals surface area contributed by atoms with Crippen molar-refractivity contribution in [2.24, 2.45) is 0 Å². The molecular weight excluding hydrogens is 604 g/mol. The van der Waals surface area contributed by atoms with Crippen LogP contribution in [0, 0.1) is 0 Å². The normalized spacial score (nSPS) is 12.6. The van der Waals surface area contributed by atoms with E-state index in [0.717, 1.165) is 22.3 Å². The van der Waals surface area contributed by atoms with Gasteiger partial charge in [0.05, 0.1) is 14.2 Å². The molecule has 0 fully saturated rings. The van der Waals surface area contributed by atoms with Crippen molar-refractivity contribution in [1.29, 1.82) is 0 Å². The maximum absolute atomic E-state index is 12.6. The van der Waals surface area contributed by atoms with E-state index in [2.05, 4.69) is 23.3 Å². The van der Waals surface area contributed by atoms with Gasteiger partial charge in [0, 0.05) is 17.6 Å². The van der Waals surface area contributed by atoms with Crippen LogP contribution in [0.2, 0.25) is 0 Å². The lowest BCUT2D eigenvalue weighted by molar-refractivity contribution is -0.129. The second-order valence-electron chi connectivity index (χ2n) is 10.8. The third kappa shape index (κ3) is 7.74. The maximum atomic E-state index is 12.6. The zero-order valence-electron chi connectivity index (χ0n) is 26.0. The van der Waals surface area contributed by atoms with E-state index in [0.29, 0.717) is 34.1 Å². The van der Waals surface area contributed by atoms with E-state index < -0.39 is 29.7 Å². The molecule has 0 saturated heterocycles. The average molecular weight is 635 g/mol. The molecule has 0 bridgehead atoms. The molecule has 0 heterocycles. The number of hydrogen-bond donors (Lipinski definition) is 0. The van der Waals surface area contributed by atoms with Gasteiger partial charge in [-0.15, -0.1) is 0 Å². The summed E-state index contributed by atoms with van der Waals surface area (Å²) in [5.41, 5.74) is 4.86. The van der Waals surface area contributed by atoms with Gasteiger partial charge in [-0.25, -0.2) is 19.2 Å². The monoisotopic (exact) mass is 634 g/mol. The number of methoxy groups -OCH3 is 2. The summed E-state index contributed by atoms with van der Waals surface area (Å²) in [5.74, 6) is 0.301. The molecule has 4 aromatic rings. The minimum Gasteiger partial charge on any atom is -0.437 e. The molecule has 1 aliphatic carbocycles. The fraction of sp³-hybridized carbons (Fsp3) is 0.135. The summed E-state index contributed by atoms with van der Waals surface area (Å²) < 4.78 is 30.0. The topological polar surface area (TPSA) is 124 Å². The molecule has 0 aromatic heterocycles. The zero-order valence-corrected chi connectivity index (χ0v) is 26.0. The van der Waals surface area contributed by atoms with Gasteiger partial charge in [-0.05, 0) is 94.1 Å². The lowest BCUT2D eigenvalue weighted by atomic mass is 9.82. The first kappa shape index (κ1) is 32.2. The van der Waals surface area contributed by atoms with E-state index in [1.165, 1.54) is 26.4 Å². The summed E-state index contributed by atoms with van der Waals surface area (Å²) in [6.45, 7) is 4.10. The van der Waals surface area contributed by atoms with E-state index in [9.17, 15) is 19.2 Å². The Morgan fingerprint density at radius 3 is 1.23 bits per heavy atom. The first-order valence-corrected chi connectivity index (χ1v) is 14.4. The highest BCUT2D eigenvalue weighted by Crippen LogP contribution is 2.50. The largest absolute Gasteiger partial charge is 0.513 e. The van der Waals surface area contributed by atoms with Crippen molar-refractivity contribution < 1.29 is 47.6 Å². The quantitative estimate of drug-likeness (QED) is 0.0832. The van der Waals surface area contributed by atoms with Crippen LogP contribution in [0.25, 0.3) is 23.3 Å². The predicted molar refractivity (Wildman–Crippen MR) is 172 cm³/mol. The van der Waals surface area contributed by atoms with Crippen LogP contribution in [0.5, 0.6) is 23.0 Å². The molecule has 4 aromatic carbocycles.